The minimum atomic E-state index is 0.545. The minimum Gasteiger partial charge on any atom is -0.335 e. The number of thiophene rings is 1. The lowest BCUT2D eigenvalue weighted by molar-refractivity contribution is 1.08. The number of aromatic nitrogens is 2. The van der Waals surface area contributed by atoms with Gasteiger partial charge in [-0.25, -0.2) is 4.98 Å². The summed E-state index contributed by atoms with van der Waals surface area (Å²) in [7, 11) is 0. The summed E-state index contributed by atoms with van der Waals surface area (Å²) >= 11 is 6.76. The van der Waals surface area contributed by atoms with Crippen LogP contribution < -0.4 is 0 Å². The van der Waals surface area contributed by atoms with Crippen LogP contribution in [-0.4, -0.2) is 9.97 Å². The second kappa shape index (κ2) is 3.63. The van der Waals surface area contributed by atoms with E-state index >= 15 is 0 Å². The summed E-state index contributed by atoms with van der Waals surface area (Å²) in [5.74, 6) is 0. The normalized spacial score (nSPS) is 10.4. The summed E-state index contributed by atoms with van der Waals surface area (Å²) in [5.41, 5.74) is 3.15. The standard InChI is InChI=1S/C10H10N2S2/c1-6-3-9(12-10(13)11-6)8-4-7(2)14-5-8/h3-5H,1-2H3,(H,11,12,13). The number of hydrogen-bond acceptors (Lipinski definition) is 3. The first-order valence-corrected chi connectivity index (χ1v) is 5.57. The predicted octanol–water partition coefficient (Wildman–Crippen LogP) is 3.48. The summed E-state index contributed by atoms with van der Waals surface area (Å²) in [6.07, 6.45) is 0. The van der Waals surface area contributed by atoms with Crippen LogP contribution in [0, 0.1) is 18.6 Å². The van der Waals surface area contributed by atoms with Gasteiger partial charge in [0, 0.05) is 21.5 Å². The third kappa shape index (κ3) is 1.91. The molecule has 0 saturated heterocycles. The first-order valence-electron chi connectivity index (χ1n) is 4.28. The van der Waals surface area contributed by atoms with Crippen LogP contribution in [0.4, 0.5) is 0 Å². The molecule has 0 radical (unpaired) electrons. The fourth-order valence-electron chi connectivity index (χ4n) is 1.31. The van der Waals surface area contributed by atoms with Crippen LogP contribution in [0.5, 0.6) is 0 Å². The van der Waals surface area contributed by atoms with Crippen molar-refractivity contribution in [2.24, 2.45) is 0 Å². The van der Waals surface area contributed by atoms with Crippen LogP contribution in [0.15, 0.2) is 17.5 Å². The number of nitrogens with one attached hydrogen (secondary N) is 1. The molecule has 0 atom stereocenters. The van der Waals surface area contributed by atoms with E-state index in [1.807, 2.05) is 13.0 Å². The van der Waals surface area contributed by atoms with Crippen LogP contribution in [0.25, 0.3) is 11.3 Å². The third-order valence-electron chi connectivity index (χ3n) is 1.91. The molecule has 0 fully saturated rings. The number of rotatable bonds is 1. The molecule has 2 heterocycles. The van der Waals surface area contributed by atoms with Crippen molar-refractivity contribution in [1.82, 2.24) is 9.97 Å². The lowest BCUT2D eigenvalue weighted by Gasteiger charge is -1.98. The maximum absolute atomic E-state index is 5.03. The molecule has 2 aromatic heterocycles. The molecular weight excluding hydrogens is 212 g/mol. The van der Waals surface area contributed by atoms with E-state index < -0.39 is 0 Å². The lowest BCUT2D eigenvalue weighted by Crippen LogP contribution is -1.88. The second-order valence-corrected chi connectivity index (χ2v) is 4.70. The summed E-state index contributed by atoms with van der Waals surface area (Å²) in [6, 6.07) is 4.14. The molecule has 0 aliphatic rings. The SMILES string of the molecule is Cc1cc(-c2csc(C)c2)nc(=S)[nH]1. The van der Waals surface area contributed by atoms with Gasteiger partial charge in [-0.15, -0.1) is 11.3 Å². The lowest BCUT2D eigenvalue weighted by atomic mass is 10.2. The van der Waals surface area contributed by atoms with Crippen molar-refractivity contribution in [1.29, 1.82) is 0 Å². The number of hydrogen-bond donors (Lipinski definition) is 1. The molecule has 4 heteroatoms. The molecule has 0 unspecified atom stereocenters. The number of aromatic amines is 1. The van der Waals surface area contributed by atoms with Crippen LogP contribution in [0.1, 0.15) is 10.6 Å². The Hall–Kier alpha value is -1.00. The molecule has 0 aliphatic heterocycles. The van der Waals surface area contributed by atoms with Crippen LogP contribution in [0.2, 0.25) is 0 Å². The van der Waals surface area contributed by atoms with E-state index in [4.69, 9.17) is 12.2 Å². The Bertz CT molecular complexity index is 511. The van der Waals surface area contributed by atoms with Crippen molar-refractivity contribution < 1.29 is 0 Å². The molecule has 14 heavy (non-hydrogen) atoms. The van der Waals surface area contributed by atoms with Crippen molar-refractivity contribution in [2.75, 3.05) is 0 Å². The van der Waals surface area contributed by atoms with Crippen molar-refractivity contribution in [3.05, 3.63) is 32.9 Å². The van der Waals surface area contributed by atoms with Gasteiger partial charge in [0.1, 0.15) is 0 Å². The number of nitrogens with zero attached hydrogens (tertiary/aromatic N) is 1. The highest BCUT2D eigenvalue weighted by Crippen LogP contribution is 2.23. The maximum Gasteiger partial charge on any atom is 0.197 e. The molecule has 0 spiro atoms. The van der Waals surface area contributed by atoms with Gasteiger partial charge < -0.3 is 4.98 Å². The van der Waals surface area contributed by atoms with Crippen LogP contribution in [0.3, 0.4) is 0 Å². The quantitative estimate of drug-likeness (QED) is 0.748. The molecule has 0 aromatic carbocycles. The first kappa shape index (κ1) is 9.55. The largest absolute Gasteiger partial charge is 0.335 e. The van der Waals surface area contributed by atoms with E-state index in [0.717, 1.165) is 17.0 Å². The average molecular weight is 222 g/mol. The van der Waals surface area contributed by atoms with E-state index in [2.05, 4.69) is 28.3 Å². The maximum atomic E-state index is 5.03. The highest BCUT2D eigenvalue weighted by molar-refractivity contribution is 7.71. The number of H-pyrrole nitrogens is 1. The van der Waals surface area contributed by atoms with Crippen LogP contribution in [-0.2, 0) is 0 Å². The van der Waals surface area contributed by atoms with Gasteiger partial charge in [-0.1, -0.05) is 0 Å². The smallest absolute Gasteiger partial charge is 0.197 e. The van der Waals surface area contributed by atoms with E-state index in [1.165, 1.54) is 4.88 Å². The first-order chi connectivity index (χ1) is 6.65. The fraction of sp³-hybridized carbons (Fsp3) is 0.200. The van der Waals surface area contributed by atoms with E-state index in [-0.39, 0.29) is 0 Å². The molecule has 0 aliphatic carbocycles. The molecule has 2 nitrogen and oxygen atoms in total. The van der Waals surface area contributed by atoms with Gasteiger partial charge in [0.15, 0.2) is 4.77 Å². The minimum absolute atomic E-state index is 0.545. The summed E-state index contributed by atoms with van der Waals surface area (Å²) < 4.78 is 0.545. The van der Waals surface area contributed by atoms with Gasteiger partial charge in [-0.3, -0.25) is 0 Å². The van der Waals surface area contributed by atoms with Gasteiger partial charge >= 0.3 is 0 Å². The Morgan fingerprint density at radius 2 is 2.14 bits per heavy atom. The Morgan fingerprint density at radius 3 is 2.71 bits per heavy atom. The Morgan fingerprint density at radius 1 is 1.36 bits per heavy atom. The zero-order valence-electron chi connectivity index (χ0n) is 8.00. The topological polar surface area (TPSA) is 28.7 Å². The van der Waals surface area contributed by atoms with Gasteiger partial charge in [-0.2, -0.15) is 0 Å². The molecule has 0 bridgehead atoms. The second-order valence-electron chi connectivity index (χ2n) is 3.20. The van der Waals surface area contributed by atoms with Crippen molar-refractivity contribution >= 4 is 23.6 Å². The fourth-order valence-corrected chi connectivity index (χ4v) is 2.26. The Kier molecular flexibility index (Phi) is 2.48. The van der Waals surface area contributed by atoms with E-state index in [0.29, 0.717) is 4.77 Å². The molecule has 1 N–H and O–H groups in total. The van der Waals surface area contributed by atoms with Crippen molar-refractivity contribution in [2.45, 2.75) is 13.8 Å². The van der Waals surface area contributed by atoms with E-state index in [9.17, 15) is 0 Å². The van der Waals surface area contributed by atoms with Gasteiger partial charge in [0.2, 0.25) is 0 Å². The molecule has 0 saturated carbocycles. The highest BCUT2D eigenvalue weighted by atomic mass is 32.1. The van der Waals surface area contributed by atoms with Gasteiger partial charge in [0.05, 0.1) is 5.69 Å². The Labute approximate surface area is 91.7 Å². The summed E-state index contributed by atoms with van der Waals surface area (Å²) in [5, 5.41) is 2.10. The molecule has 72 valence electrons. The average Bonchev–Trinajstić information content (AvgIpc) is 2.50. The summed E-state index contributed by atoms with van der Waals surface area (Å²) in [4.78, 5) is 8.57. The summed E-state index contributed by atoms with van der Waals surface area (Å²) in [6.45, 7) is 4.07. The monoisotopic (exact) mass is 222 g/mol. The number of aryl methyl sites for hydroxylation is 2. The zero-order valence-corrected chi connectivity index (χ0v) is 9.63. The van der Waals surface area contributed by atoms with Crippen molar-refractivity contribution in [3.8, 4) is 11.3 Å². The molecule has 0 amide bonds. The third-order valence-corrected chi connectivity index (χ3v) is 2.96. The zero-order chi connectivity index (χ0) is 10.1. The van der Waals surface area contributed by atoms with Crippen molar-refractivity contribution in [3.63, 3.8) is 0 Å². The van der Waals surface area contributed by atoms with Crippen LogP contribution >= 0.6 is 23.6 Å². The van der Waals surface area contributed by atoms with Gasteiger partial charge in [-0.05, 0) is 38.2 Å². The molecule has 2 aromatic rings. The molecule has 2 rings (SSSR count). The predicted molar refractivity (Wildman–Crippen MR) is 62.2 cm³/mol. The molecular formula is C10H10N2S2. The van der Waals surface area contributed by atoms with Gasteiger partial charge in [0.25, 0.3) is 0 Å². The van der Waals surface area contributed by atoms with E-state index in [1.54, 1.807) is 11.3 Å². The highest BCUT2D eigenvalue weighted by Gasteiger charge is 2.02. The Balaban J connectivity index is 2.56.